The van der Waals surface area contributed by atoms with Gasteiger partial charge in [-0.15, -0.1) is 0 Å². The van der Waals surface area contributed by atoms with E-state index >= 15 is 0 Å². The van der Waals surface area contributed by atoms with E-state index in [4.69, 9.17) is 15.0 Å². The molecule has 0 amide bonds. The number of nitriles is 1. The molecule has 3 aliphatic heterocycles. The van der Waals surface area contributed by atoms with Crippen molar-refractivity contribution in [3.63, 3.8) is 0 Å². The van der Waals surface area contributed by atoms with Crippen LogP contribution in [0.2, 0.25) is 0 Å². The lowest BCUT2D eigenvalue weighted by Gasteiger charge is -2.32. The number of hydrogen-bond donors (Lipinski definition) is 1. The third-order valence-electron chi connectivity index (χ3n) is 7.20. The predicted octanol–water partition coefficient (Wildman–Crippen LogP) is 4.24. The molecule has 3 aliphatic rings. The van der Waals surface area contributed by atoms with E-state index in [1.54, 1.807) is 24.6 Å². The molecule has 1 N–H and O–H groups in total. The average Bonchev–Trinajstić information content (AvgIpc) is 3.55. The first-order valence-corrected chi connectivity index (χ1v) is 14.0. The summed E-state index contributed by atoms with van der Waals surface area (Å²) in [6.07, 6.45) is 8.60. The molecule has 1 fully saturated rings. The van der Waals surface area contributed by atoms with Crippen molar-refractivity contribution in [2.75, 3.05) is 18.4 Å². The van der Waals surface area contributed by atoms with Crippen LogP contribution in [0.1, 0.15) is 41.6 Å². The standard InChI is InChI=1S/C28H25FN6O3S/c29-21-7-5-20(6-8-21)24-16-26-35(14-15-38-26)27(24)25-11-12-31-28(33-25)32-22-2-1-13-34(18-22)39(36,37)23-9-3-19(17-30)4-10-23/h3-12,14-16,22,24,27H,1-2,13,18H2,(H,31,32,33)/t22-,24?,27?/m0/s1. The fourth-order valence-corrected chi connectivity index (χ4v) is 6.81. The molecule has 1 saturated heterocycles. The molecule has 2 unspecified atom stereocenters. The number of anilines is 1. The van der Waals surface area contributed by atoms with Gasteiger partial charge in [-0.25, -0.2) is 22.8 Å². The van der Waals surface area contributed by atoms with Gasteiger partial charge in [-0.05, 0) is 66.9 Å². The Labute approximate surface area is 225 Å². The fraction of sp³-hybridized carbons (Fsp3) is 0.250. The van der Waals surface area contributed by atoms with E-state index < -0.39 is 10.0 Å². The molecule has 4 heterocycles. The number of aromatic nitrogens is 2. The number of rotatable bonds is 6. The summed E-state index contributed by atoms with van der Waals surface area (Å²) in [4.78, 5) is 11.4. The van der Waals surface area contributed by atoms with Gasteiger partial charge in [0.25, 0.3) is 0 Å². The smallest absolute Gasteiger partial charge is 0.243 e. The minimum Gasteiger partial charge on any atom is -0.447 e. The average molecular weight is 545 g/mol. The monoisotopic (exact) mass is 544 g/mol. The molecule has 6 rings (SSSR count). The van der Waals surface area contributed by atoms with Gasteiger partial charge in [-0.1, -0.05) is 12.1 Å². The topological polar surface area (TPSA) is 111 Å². The molecule has 198 valence electrons. The maximum Gasteiger partial charge on any atom is 0.243 e. The molecule has 11 heteroatoms. The number of hydrogen-bond acceptors (Lipinski definition) is 8. The number of ether oxygens (including phenoxy) is 1. The second kappa shape index (κ2) is 10.1. The van der Waals surface area contributed by atoms with E-state index in [-0.39, 0.29) is 35.3 Å². The molecular weight excluding hydrogens is 519 g/mol. The summed E-state index contributed by atoms with van der Waals surface area (Å²) >= 11 is 0. The van der Waals surface area contributed by atoms with E-state index in [0.29, 0.717) is 30.4 Å². The Morgan fingerprint density at radius 3 is 2.67 bits per heavy atom. The number of halogens is 1. The zero-order valence-corrected chi connectivity index (χ0v) is 21.6. The van der Waals surface area contributed by atoms with Crippen molar-refractivity contribution in [1.29, 1.82) is 5.26 Å². The fourth-order valence-electron chi connectivity index (χ4n) is 5.28. The summed E-state index contributed by atoms with van der Waals surface area (Å²) in [5.74, 6) is 0.689. The first-order chi connectivity index (χ1) is 18.9. The number of piperidine rings is 1. The highest BCUT2D eigenvalue weighted by Gasteiger charge is 2.40. The Balaban J connectivity index is 1.21. The van der Waals surface area contributed by atoms with Gasteiger partial charge in [0.1, 0.15) is 12.1 Å². The number of benzene rings is 2. The summed E-state index contributed by atoms with van der Waals surface area (Å²) in [7, 11) is -3.70. The molecule has 0 bridgehead atoms. The zero-order valence-electron chi connectivity index (χ0n) is 20.8. The van der Waals surface area contributed by atoms with Gasteiger partial charge in [0.15, 0.2) is 5.88 Å². The lowest BCUT2D eigenvalue weighted by Crippen LogP contribution is -2.45. The van der Waals surface area contributed by atoms with Crippen molar-refractivity contribution in [1.82, 2.24) is 19.2 Å². The second-order valence-electron chi connectivity index (χ2n) is 9.63. The summed E-state index contributed by atoms with van der Waals surface area (Å²) in [6.45, 7) is 0.685. The quantitative estimate of drug-likeness (QED) is 0.491. The van der Waals surface area contributed by atoms with Crippen LogP contribution >= 0.6 is 0 Å². The third-order valence-corrected chi connectivity index (χ3v) is 9.08. The van der Waals surface area contributed by atoms with Gasteiger partial charge in [-0.2, -0.15) is 9.57 Å². The van der Waals surface area contributed by atoms with E-state index in [1.807, 2.05) is 29.3 Å². The van der Waals surface area contributed by atoms with Crippen molar-refractivity contribution in [2.45, 2.75) is 35.7 Å². The minimum atomic E-state index is -3.70. The molecule has 0 aliphatic carbocycles. The maximum atomic E-state index is 13.6. The zero-order chi connectivity index (χ0) is 27.0. The molecule has 0 radical (unpaired) electrons. The molecule has 9 nitrogen and oxygen atoms in total. The molecule has 39 heavy (non-hydrogen) atoms. The molecule has 1 aromatic heterocycles. The molecule has 3 atom stereocenters. The lowest BCUT2D eigenvalue weighted by molar-refractivity contribution is 0.249. The number of sulfonamides is 1. The van der Waals surface area contributed by atoms with Crippen LogP contribution in [-0.2, 0) is 14.8 Å². The lowest BCUT2D eigenvalue weighted by atomic mass is 9.91. The Kier molecular flexibility index (Phi) is 6.50. The van der Waals surface area contributed by atoms with Gasteiger partial charge < -0.3 is 15.0 Å². The summed E-state index contributed by atoms with van der Waals surface area (Å²) in [6, 6.07) is 15.8. The first kappa shape index (κ1) is 25.0. The Morgan fingerprint density at radius 1 is 1.10 bits per heavy atom. The largest absolute Gasteiger partial charge is 0.447 e. The predicted molar refractivity (Wildman–Crippen MR) is 141 cm³/mol. The van der Waals surface area contributed by atoms with Crippen molar-refractivity contribution >= 4 is 16.0 Å². The second-order valence-corrected chi connectivity index (χ2v) is 11.6. The van der Waals surface area contributed by atoms with Gasteiger partial charge in [0, 0.05) is 37.4 Å². The van der Waals surface area contributed by atoms with Gasteiger partial charge in [0.2, 0.25) is 16.0 Å². The highest BCUT2D eigenvalue weighted by molar-refractivity contribution is 7.89. The van der Waals surface area contributed by atoms with Crippen molar-refractivity contribution in [2.24, 2.45) is 0 Å². The van der Waals surface area contributed by atoms with Crippen LogP contribution in [0.15, 0.2) is 90.1 Å². The maximum absolute atomic E-state index is 13.6. The number of nitrogens with one attached hydrogen (secondary N) is 1. The minimum absolute atomic E-state index is 0.115. The molecule has 0 spiro atoms. The van der Waals surface area contributed by atoms with Crippen LogP contribution in [-0.4, -0.2) is 46.7 Å². The normalized spacial score (nSPS) is 22.6. The van der Waals surface area contributed by atoms with Crippen molar-refractivity contribution in [3.8, 4) is 6.07 Å². The molecule has 0 saturated carbocycles. The first-order valence-electron chi connectivity index (χ1n) is 12.6. The van der Waals surface area contributed by atoms with E-state index in [2.05, 4.69) is 10.3 Å². The number of fused-ring (bicyclic) bond motifs is 1. The number of nitrogens with zero attached hydrogens (tertiary/aromatic N) is 5. The third kappa shape index (κ3) is 4.84. The SMILES string of the molecule is N#Cc1ccc(S(=O)(=O)N2CCC[C@H](Nc3nccc(C4C(c5ccc(F)cc5)C=C5OC=CN54)n3)C2)cc1. The van der Waals surface area contributed by atoms with E-state index in [1.165, 1.54) is 40.7 Å². The van der Waals surface area contributed by atoms with Gasteiger partial charge in [-0.3, -0.25) is 0 Å². The van der Waals surface area contributed by atoms with Crippen molar-refractivity contribution < 1.29 is 17.5 Å². The van der Waals surface area contributed by atoms with Gasteiger partial charge >= 0.3 is 0 Å². The highest BCUT2D eigenvalue weighted by Crippen LogP contribution is 2.46. The summed E-state index contributed by atoms with van der Waals surface area (Å²) in [5, 5.41) is 12.3. The Hall–Kier alpha value is -4.27. The molecule has 2 aromatic carbocycles. The molecular formula is C28H25FN6O3S. The highest BCUT2D eigenvalue weighted by atomic mass is 32.2. The Bertz CT molecular complexity index is 1580. The van der Waals surface area contributed by atoms with Crippen LogP contribution in [0, 0.1) is 17.1 Å². The summed E-state index contributed by atoms with van der Waals surface area (Å²) < 4.78 is 47.2. The molecule has 3 aromatic rings. The Morgan fingerprint density at radius 2 is 1.90 bits per heavy atom. The summed E-state index contributed by atoms with van der Waals surface area (Å²) in [5.41, 5.74) is 2.09. The van der Waals surface area contributed by atoms with Crippen molar-refractivity contribution in [3.05, 3.63) is 108 Å². The van der Waals surface area contributed by atoms with Crippen LogP contribution in [0.4, 0.5) is 10.3 Å². The van der Waals surface area contributed by atoms with Crippen LogP contribution in [0.3, 0.4) is 0 Å². The van der Waals surface area contributed by atoms with Crippen LogP contribution in [0.5, 0.6) is 0 Å². The van der Waals surface area contributed by atoms with Crippen LogP contribution < -0.4 is 5.32 Å². The van der Waals surface area contributed by atoms with E-state index in [0.717, 1.165) is 17.7 Å². The van der Waals surface area contributed by atoms with E-state index in [9.17, 15) is 12.8 Å². The van der Waals surface area contributed by atoms with Crippen LogP contribution in [0.25, 0.3) is 0 Å². The van der Waals surface area contributed by atoms with Gasteiger partial charge in [0.05, 0.1) is 28.3 Å².